The Labute approximate surface area is 138 Å². The van der Waals surface area contributed by atoms with Crippen LogP contribution >= 0.6 is 0 Å². The molecule has 0 spiro atoms. The van der Waals surface area contributed by atoms with Gasteiger partial charge < -0.3 is 14.5 Å². The topological polar surface area (TPSA) is 49.9 Å². The molecule has 128 valence electrons. The first kappa shape index (κ1) is 15.4. The number of amides is 2. The van der Waals surface area contributed by atoms with E-state index in [1.807, 2.05) is 18.7 Å². The minimum Gasteiger partial charge on any atom is -0.372 e. The average Bonchev–Trinajstić information content (AvgIpc) is 3.20. The van der Waals surface area contributed by atoms with Gasteiger partial charge in [0.2, 0.25) is 11.8 Å². The maximum atomic E-state index is 12.8. The fraction of sp³-hybridized carbons (Fsp3) is 0.889. The number of hydrogen-bond acceptors (Lipinski definition) is 3. The predicted molar refractivity (Wildman–Crippen MR) is 85.6 cm³/mol. The van der Waals surface area contributed by atoms with Crippen LogP contribution in [0.15, 0.2) is 0 Å². The highest BCUT2D eigenvalue weighted by atomic mass is 16.5. The van der Waals surface area contributed by atoms with Gasteiger partial charge in [-0.15, -0.1) is 0 Å². The first-order valence-corrected chi connectivity index (χ1v) is 9.25. The van der Waals surface area contributed by atoms with Crippen LogP contribution < -0.4 is 0 Å². The van der Waals surface area contributed by atoms with Gasteiger partial charge in [-0.3, -0.25) is 9.59 Å². The molecule has 4 aliphatic rings. The van der Waals surface area contributed by atoms with Gasteiger partial charge >= 0.3 is 0 Å². The molecule has 0 aromatic heterocycles. The molecule has 0 N–H and O–H groups in total. The Morgan fingerprint density at radius 3 is 2.43 bits per heavy atom. The van der Waals surface area contributed by atoms with Crippen molar-refractivity contribution in [2.75, 3.05) is 19.6 Å². The summed E-state index contributed by atoms with van der Waals surface area (Å²) in [6.07, 6.45) is 5.66. The molecule has 4 fully saturated rings. The van der Waals surface area contributed by atoms with Crippen molar-refractivity contribution in [2.45, 2.75) is 64.2 Å². The van der Waals surface area contributed by atoms with Crippen molar-refractivity contribution in [3.63, 3.8) is 0 Å². The number of morpholine rings is 1. The molecule has 5 heteroatoms. The van der Waals surface area contributed by atoms with Crippen LogP contribution in [0.5, 0.6) is 0 Å². The van der Waals surface area contributed by atoms with E-state index < -0.39 is 0 Å². The zero-order chi connectivity index (χ0) is 16.1. The van der Waals surface area contributed by atoms with Gasteiger partial charge in [0, 0.05) is 32.1 Å². The first-order valence-electron chi connectivity index (χ1n) is 9.25. The third-order valence-electron chi connectivity index (χ3n) is 6.34. The summed E-state index contributed by atoms with van der Waals surface area (Å²) >= 11 is 0. The van der Waals surface area contributed by atoms with Gasteiger partial charge in [0.15, 0.2) is 0 Å². The molecule has 2 saturated heterocycles. The summed E-state index contributed by atoms with van der Waals surface area (Å²) in [6.45, 7) is 5.98. The van der Waals surface area contributed by atoms with Crippen molar-refractivity contribution in [3.05, 3.63) is 0 Å². The largest absolute Gasteiger partial charge is 0.372 e. The summed E-state index contributed by atoms with van der Waals surface area (Å²) in [4.78, 5) is 29.3. The van der Waals surface area contributed by atoms with E-state index in [1.54, 1.807) is 0 Å². The number of carbonyl (C=O) groups excluding carboxylic acids is 2. The Balaban J connectivity index is 1.41. The van der Waals surface area contributed by atoms with Crippen molar-refractivity contribution < 1.29 is 14.3 Å². The number of ether oxygens (including phenoxy) is 1. The summed E-state index contributed by atoms with van der Waals surface area (Å²) in [6, 6.07) is 0.418. The van der Waals surface area contributed by atoms with Crippen LogP contribution in [0, 0.1) is 17.8 Å². The maximum absolute atomic E-state index is 12.8. The van der Waals surface area contributed by atoms with Crippen LogP contribution in [-0.4, -0.2) is 59.5 Å². The van der Waals surface area contributed by atoms with Crippen LogP contribution in [0.3, 0.4) is 0 Å². The normalized spacial score (nSPS) is 43.5. The van der Waals surface area contributed by atoms with E-state index in [0.29, 0.717) is 38.0 Å². The van der Waals surface area contributed by atoms with E-state index in [9.17, 15) is 9.59 Å². The molecule has 2 heterocycles. The summed E-state index contributed by atoms with van der Waals surface area (Å²) in [5, 5.41) is 0. The zero-order valence-corrected chi connectivity index (χ0v) is 14.2. The second kappa shape index (κ2) is 5.76. The standard InChI is InChI=1S/C18H28N2O3/c1-11-8-19(9-12(2)23-11)18(22)15-7-17(21)20(10-15)16-6-13-3-4-14(16)5-13/h11-16H,3-10H2,1-2H3. The molecule has 5 nitrogen and oxygen atoms in total. The Hall–Kier alpha value is -1.10. The molecule has 2 aliphatic heterocycles. The minimum absolute atomic E-state index is 0.0847. The van der Waals surface area contributed by atoms with Crippen molar-refractivity contribution >= 4 is 11.8 Å². The molecule has 0 aromatic rings. The SMILES string of the molecule is CC1CN(C(=O)C2CC(=O)N(C3CC4CCC3C4)C2)CC(C)O1. The third kappa shape index (κ3) is 2.77. The summed E-state index contributed by atoms with van der Waals surface area (Å²) in [5.74, 6) is 1.75. The van der Waals surface area contributed by atoms with Gasteiger partial charge in [0.1, 0.15) is 0 Å². The van der Waals surface area contributed by atoms with E-state index in [-0.39, 0.29) is 29.9 Å². The van der Waals surface area contributed by atoms with E-state index in [1.165, 1.54) is 25.7 Å². The quantitative estimate of drug-likeness (QED) is 0.777. The molecule has 0 radical (unpaired) electrons. The Morgan fingerprint density at radius 1 is 1.09 bits per heavy atom. The van der Waals surface area contributed by atoms with Crippen molar-refractivity contribution in [3.8, 4) is 0 Å². The van der Waals surface area contributed by atoms with Gasteiger partial charge in [0.25, 0.3) is 0 Å². The Morgan fingerprint density at radius 2 is 1.83 bits per heavy atom. The highest BCUT2D eigenvalue weighted by Gasteiger charge is 2.48. The highest BCUT2D eigenvalue weighted by molar-refractivity contribution is 5.89. The Kier molecular flexibility index (Phi) is 3.87. The maximum Gasteiger partial charge on any atom is 0.228 e. The average molecular weight is 320 g/mol. The molecule has 23 heavy (non-hydrogen) atoms. The van der Waals surface area contributed by atoms with Crippen LogP contribution in [-0.2, 0) is 14.3 Å². The van der Waals surface area contributed by atoms with Crippen molar-refractivity contribution in [2.24, 2.45) is 17.8 Å². The second-order valence-corrected chi connectivity index (χ2v) is 8.19. The molecule has 2 aliphatic carbocycles. The zero-order valence-electron chi connectivity index (χ0n) is 14.2. The van der Waals surface area contributed by atoms with Crippen LogP contribution in [0.25, 0.3) is 0 Å². The van der Waals surface area contributed by atoms with Gasteiger partial charge in [-0.1, -0.05) is 6.42 Å². The fourth-order valence-corrected chi connectivity index (χ4v) is 5.43. The van der Waals surface area contributed by atoms with E-state index in [0.717, 1.165) is 5.92 Å². The number of likely N-dealkylation sites (tertiary alicyclic amines) is 1. The lowest BCUT2D eigenvalue weighted by Gasteiger charge is -2.37. The lowest BCUT2D eigenvalue weighted by Crippen LogP contribution is -2.50. The second-order valence-electron chi connectivity index (χ2n) is 8.19. The van der Waals surface area contributed by atoms with Crippen LogP contribution in [0.4, 0.5) is 0 Å². The summed E-state index contributed by atoms with van der Waals surface area (Å²) in [7, 11) is 0. The van der Waals surface area contributed by atoms with E-state index >= 15 is 0 Å². The number of rotatable bonds is 2. The molecular formula is C18H28N2O3. The lowest BCUT2D eigenvalue weighted by atomic mass is 9.94. The molecule has 2 bridgehead atoms. The van der Waals surface area contributed by atoms with Crippen LogP contribution in [0.2, 0.25) is 0 Å². The number of nitrogens with zero attached hydrogens (tertiary/aromatic N) is 2. The van der Waals surface area contributed by atoms with E-state index in [4.69, 9.17) is 4.74 Å². The highest BCUT2D eigenvalue weighted by Crippen LogP contribution is 2.47. The van der Waals surface area contributed by atoms with E-state index in [2.05, 4.69) is 4.90 Å². The minimum atomic E-state index is -0.140. The molecule has 0 aromatic carbocycles. The number of carbonyl (C=O) groups is 2. The smallest absolute Gasteiger partial charge is 0.228 e. The fourth-order valence-electron chi connectivity index (χ4n) is 5.43. The molecular weight excluding hydrogens is 292 g/mol. The predicted octanol–water partition coefficient (Wildman–Crippen LogP) is 1.66. The summed E-state index contributed by atoms with van der Waals surface area (Å²) < 4.78 is 5.71. The van der Waals surface area contributed by atoms with Gasteiger partial charge in [-0.2, -0.15) is 0 Å². The monoisotopic (exact) mass is 320 g/mol. The molecule has 6 unspecified atom stereocenters. The summed E-state index contributed by atoms with van der Waals surface area (Å²) in [5.41, 5.74) is 0. The molecule has 2 saturated carbocycles. The van der Waals surface area contributed by atoms with Crippen molar-refractivity contribution in [1.29, 1.82) is 0 Å². The van der Waals surface area contributed by atoms with Gasteiger partial charge in [-0.05, 0) is 44.9 Å². The van der Waals surface area contributed by atoms with Crippen molar-refractivity contribution in [1.82, 2.24) is 9.80 Å². The molecule has 4 rings (SSSR count). The Bertz CT molecular complexity index is 498. The lowest BCUT2D eigenvalue weighted by molar-refractivity contribution is -0.147. The molecule has 6 atom stereocenters. The van der Waals surface area contributed by atoms with Gasteiger partial charge in [0.05, 0.1) is 18.1 Å². The number of hydrogen-bond donors (Lipinski definition) is 0. The van der Waals surface area contributed by atoms with Crippen LogP contribution in [0.1, 0.15) is 46.0 Å². The van der Waals surface area contributed by atoms with Gasteiger partial charge in [-0.25, -0.2) is 0 Å². The first-order chi connectivity index (χ1) is 11.0. The molecule has 2 amide bonds. The third-order valence-corrected chi connectivity index (χ3v) is 6.34. The number of fused-ring (bicyclic) bond motifs is 2.